The largest absolute Gasteiger partial charge is 0.341 e. The van der Waals surface area contributed by atoms with E-state index in [0.29, 0.717) is 4.88 Å². The first-order chi connectivity index (χ1) is 13.5. The molecule has 0 fully saturated rings. The molecule has 0 aliphatic heterocycles. The third-order valence-electron chi connectivity index (χ3n) is 4.87. The van der Waals surface area contributed by atoms with Crippen LogP contribution in [0.2, 0.25) is 0 Å². The molecule has 0 saturated heterocycles. The molecule has 0 bridgehead atoms. The Labute approximate surface area is 167 Å². The fourth-order valence-electron chi connectivity index (χ4n) is 3.34. The maximum absolute atomic E-state index is 13.1. The van der Waals surface area contributed by atoms with Gasteiger partial charge in [-0.1, -0.05) is 37.3 Å². The minimum Gasteiger partial charge on any atom is -0.341 e. The summed E-state index contributed by atoms with van der Waals surface area (Å²) < 4.78 is 3.98. The molecule has 1 amide bonds. The second-order valence-electron chi connectivity index (χ2n) is 7.21. The molecule has 0 aliphatic carbocycles. The minimum absolute atomic E-state index is 0.112. The summed E-state index contributed by atoms with van der Waals surface area (Å²) in [6.07, 6.45) is 3.85. The number of hydrogen-bond donors (Lipinski definition) is 1. The SMILES string of the molecule is Cc1nc(-n2cccc2)sc1C(=O)N[C@@H](c1nc2ccccc2n1C)C(C)C. The van der Waals surface area contributed by atoms with E-state index in [1.54, 1.807) is 0 Å². The lowest BCUT2D eigenvalue weighted by Crippen LogP contribution is -2.33. The highest BCUT2D eigenvalue weighted by Crippen LogP contribution is 2.27. The van der Waals surface area contributed by atoms with Crippen molar-refractivity contribution in [3.05, 3.63) is 65.2 Å². The van der Waals surface area contributed by atoms with E-state index in [-0.39, 0.29) is 17.9 Å². The number of carbonyl (C=O) groups excluding carboxylic acids is 1. The molecule has 0 radical (unpaired) electrons. The van der Waals surface area contributed by atoms with E-state index in [0.717, 1.165) is 27.7 Å². The van der Waals surface area contributed by atoms with Gasteiger partial charge in [-0.3, -0.25) is 4.79 Å². The van der Waals surface area contributed by atoms with Gasteiger partial charge >= 0.3 is 0 Å². The Hall–Kier alpha value is -2.93. The average molecular weight is 394 g/mol. The van der Waals surface area contributed by atoms with Crippen LogP contribution in [0.15, 0.2) is 48.8 Å². The molecule has 1 atom stereocenters. The van der Waals surface area contributed by atoms with Crippen molar-refractivity contribution in [2.24, 2.45) is 13.0 Å². The number of amides is 1. The zero-order chi connectivity index (χ0) is 19.8. The van der Waals surface area contributed by atoms with Gasteiger partial charge in [0.15, 0.2) is 5.13 Å². The van der Waals surface area contributed by atoms with Gasteiger partial charge in [0.05, 0.1) is 22.8 Å². The summed E-state index contributed by atoms with van der Waals surface area (Å²) in [5, 5.41) is 3.98. The number of nitrogens with zero attached hydrogens (tertiary/aromatic N) is 4. The highest BCUT2D eigenvalue weighted by atomic mass is 32.1. The highest BCUT2D eigenvalue weighted by Gasteiger charge is 2.26. The van der Waals surface area contributed by atoms with Gasteiger partial charge < -0.3 is 14.5 Å². The van der Waals surface area contributed by atoms with E-state index >= 15 is 0 Å². The number of aromatic nitrogens is 4. The Bertz CT molecular complexity index is 1120. The van der Waals surface area contributed by atoms with Crippen LogP contribution in [0.5, 0.6) is 0 Å². The number of hydrogen-bond acceptors (Lipinski definition) is 4. The van der Waals surface area contributed by atoms with Crippen LogP contribution in [0.1, 0.15) is 41.1 Å². The molecule has 3 aromatic heterocycles. The van der Waals surface area contributed by atoms with Crippen molar-refractivity contribution in [2.45, 2.75) is 26.8 Å². The molecule has 0 spiro atoms. The third-order valence-corrected chi connectivity index (χ3v) is 6.04. The smallest absolute Gasteiger partial charge is 0.263 e. The average Bonchev–Trinajstić information content (AvgIpc) is 3.39. The van der Waals surface area contributed by atoms with Gasteiger partial charge in [-0.25, -0.2) is 9.97 Å². The number of nitrogens with one attached hydrogen (secondary N) is 1. The van der Waals surface area contributed by atoms with Crippen LogP contribution in [0.25, 0.3) is 16.2 Å². The van der Waals surface area contributed by atoms with Gasteiger partial charge in [-0.15, -0.1) is 0 Å². The Morgan fingerprint density at radius 2 is 1.82 bits per heavy atom. The summed E-state index contributed by atoms with van der Waals surface area (Å²) in [4.78, 5) is 23.0. The molecule has 1 aromatic carbocycles. The lowest BCUT2D eigenvalue weighted by Gasteiger charge is -2.22. The van der Waals surface area contributed by atoms with Gasteiger partial charge in [-0.2, -0.15) is 0 Å². The summed E-state index contributed by atoms with van der Waals surface area (Å²) >= 11 is 1.40. The van der Waals surface area contributed by atoms with Gasteiger partial charge in [0.2, 0.25) is 0 Å². The predicted molar refractivity (Wildman–Crippen MR) is 112 cm³/mol. The van der Waals surface area contributed by atoms with E-state index in [9.17, 15) is 4.79 Å². The van der Waals surface area contributed by atoms with Gasteiger partial charge in [0, 0.05) is 19.4 Å². The Morgan fingerprint density at radius 1 is 1.11 bits per heavy atom. The first kappa shape index (κ1) is 18.4. The number of benzene rings is 1. The number of fused-ring (bicyclic) bond motifs is 1. The number of carbonyl (C=O) groups is 1. The van der Waals surface area contributed by atoms with Crippen molar-refractivity contribution in [3.63, 3.8) is 0 Å². The topological polar surface area (TPSA) is 64.7 Å². The van der Waals surface area contributed by atoms with Crippen LogP contribution in [-0.4, -0.2) is 25.0 Å². The number of imidazole rings is 1. The molecule has 0 unspecified atom stereocenters. The first-order valence-corrected chi connectivity index (χ1v) is 10.1. The quantitative estimate of drug-likeness (QED) is 0.551. The van der Waals surface area contributed by atoms with Crippen molar-refractivity contribution >= 4 is 28.3 Å². The monoisotopic (exact) mass is 393 g/mol. The molecule has 28 heavy (non-hydrogen) atoms. The van der Waals surface area contributed by atoms with Crippen molar-refractivity contribution in [1.82, 2.24) is 24.4 Å². The molecule has 1 N–H and O–H groups in total. The summed E-state index contributed by atoms with van der Waals surface area (Å²) in [6, 6.07) is 11.7. The second-order valence-corrected chi connectivity index (χ2v) is 8.19. The van der Waals surface area contributed by atoms with Crippen molar-refractivity contribution in [1.29, 1.82) is 0 Å². The fraction of sp³-hybridized carbons (Fsp3) is 0.286. The molecule has 7 heteroatoms. The zero-order valence-electron chi connectivity index (χ0n) is 16.4. The third kappa shape index (κ3) is 3.22. The van der Waals surface area contributed by atoms with Crippen LogP contribution in [0, 0.1) is 12.8 Å². The normalized spacial score (nSPS) is 12.6. The lowest BCUT2D eigenvalue weighted by molar-refractivity contribution is 0.0926. The number of aryl methyl sites for hydroxylation is 2. The van der Waals surface area contributed by atoms with Gasteiger partial charge in [0.25, 0.3) is 5.91 Å². The maximum Gasteiger partial charge on any atom is 0.263 e. The summed E-state index contributed by atoms with van der Waals surface area (Å²) in [7, 11) is 1.99. The zero-order valence-corrected chi connectivity index (χ0v) is 17.2. The summed E-state index contributed by atoms with van der Waals surface area (Å²) in [5.74, 6) is 0.938. The molecule has 0 aliphatic rings. The molecule has 6 nitrogen and oxygen atoms in total. The maximum atomic E-state index is 13.1. The molecule has 3 heterocycles. The van der Waals surface area contributed by atoms with Gasteiger partial charge in [0.1, 0.15) is 10.7 Å². The lowest BCUT2D eigenvalue weighted by atomic mass is 10.0. The molecular weight excluding hydrogens is 370 g/mol. The Balaban J connectivity index is 1.65. The number of para-hydroxylation sites is 2. The Morgan fingerprint density at radius 3 is 2.50 bits per heavy atom. The van der Waals surface area contributed by atoms with Crippen LogP contribution in [0.3, 0.4) is 0 Å². The van der Waals surface area contributed by atoms with E-state index in [2.05, 4.69) is 28.7 Å². The molecule has 144 valence electrons. The standard InChI is InChI=1S/C21H23N5OS/c1-13(2)17(19-23-15-9-5-6-10-16(15)25(19)4)24-20(27)18-14(3)22-21(28-18)26-11-7-8-12-26/h5-13,17H,1-4H3,(H,24,27)/t17-/m1/s1. The molecule has 4 aromatic rings. The Kier molecular flexibility index (Phi) is 4.77. The summed E-state index contributed by atoms with van der Waals surface area (Å²) in [6.45, 7) is 6.06. The van der Waals surface area contributed by atoms with Crippen LogP contribution >= 0.6 is 11.3 Å². The van der Waals surface area contributed by atoms with Crippen molar-refractivity contribution < 1.29 is 4.79 Å². The summed E-state index contributed by atoms with van der Waals surface area (Å²) in [5.41, 5.74) is 2.73. The highest BCUT2D eigenvalue weighted by molar-refractivity contribution is 7.16. The van der Waals surface area contributed by atoms with E-state index in [1.165, 1.54) is 11.3 Å². The van der Waals surface area contributed by atoms with E-state index in [1.807, 2.05) is 67.3 Å². The van der Waals surface area contributed by atoms with Crippen LogP contribution in [0.4, 0.5) is 0 Å². The van der Waals surface area contributed by atoms with E-state index < -0.39 is 0 Å². The fourth-order valence-corrected chi connectivity index (χ4v) is 4.28. The molecular formula is C21H23N5OS. The van der Waals surface area contributed by atoms with Crippen molar-refractivity contribution in [2.75, 3.05) is 0 Å². The second kappa shape index (κ2) is 7.24. The minimum atomic E-state index is -0.193. The number of rotatable bonds is 5. The number of thiazole rings is 1. The predicted octanol–water partition coefficient (Wildman–Crippen LogP) is 4.26. The van der Waals surface area contributed by atoms with Crippen molar-refractivity contribution in [3.8, 4) is 5.13 Å². The van der Waals surface area contributed by atoms with Crippen LogP contribution in [-0.2, 0) is 7.05 Å². The molecule has 4 rings (SSSR count). The van der Waals surface area contributed by atoms with Gasteiger partial charge in [-0.05, 0) is 37.1 Å². The van der Waals surface area contributed by atoms with Crippen LogP contribution < -0.4 is 5.32 Å². The first-order valence-electron chi connectivity index (χ1n) is 9.28. The molecule has 0 saturated carbocycles. The van der Waals surface area contributed by atoms with E-state index in [4.69, 9.17) is 4.98 Å².